The van der Waals surface area contributed by atoms with Crippen molar-refractivity contribution in [3.05, 3.63) is 41.2 Å². The first-order valence-electron chi connectivity index (χ1n) is 7.03. The maximum Gasteiger partial charge on any atom is 0.328 e. The second-order valence-electron chi connectivity index (χ2n) is 5.19. The predicted octanol–water partition coefficient (Wildman–Crippen LogP) is 2.83. The molecule has 1 heterocycles. The van der Waals surface area contributed by atoms with Crippen molar-refractivity contribution >= 4 is 18.0 Å². The standard InChI is InChI=1S/C16H18FNO3/c17-14-9-12(5-6-16(20)21)8-13(10-14)11-18-7-3-1-2-4-15(18)19/h5-6,8-10H,1-4,7,11H2,(H,20,21). The van der Waals surface area contributed by atoms with E-state index in [1.165, 1.54) is 18.2 Å². The number of hydrogen-bond donors (Lipinski definition) is 1. The van der Waals surface area contributed by atoms with Crippen molar-refractivity contribution in [2.75, 3.05) is 6.54 Å². The second kappa shape index (κ2) is 7.02. The molecule has 1 saturated heterocycles. The molecule has 0 saturated carbocycles. The molecule has 1 aliphatic heterocycles. The number of likely N-dealkylation sites (tertiary alicyclic amines) is 1. The first-order valence-corrected chi connectivity index (χ1v) is 7.03. The summed E-state index contributed by atoms with van der Waals surface area (Å²) in [5.41, 5.74) is 1.16. The molecule has 2 rings (SSSR count). The van der Waals surface area contributed by atoms with E-state index in [0.29, 0.717) is 30.6 Å². The van der Waals surface area contributed by atoms with Gasteiger partial charge in [-0.3, -0.25) is 4.79 Å². The highest BCUT2D eigenvalue weighted by Gasteiger charge is 2.17. The minimum absolute atomic E-state index is 0.0967. The molecule has 0 bridgehead atoms. The molecule has 1 N–H and O–H groups in total. The van der Waals surface area contributed by atoms with E-state index in [0.717, 1.165) is 25.3 Å². The van der Waals surface area contributed by atoms with Gasteiger partial charge in [0.05, 0.1) is 0 Å². The summed E-state index contributed by atoms with van der Waals surface area (Å²) in [6.07, 6.45) is 5.77. The molecule has 5 heteroatoms. The average molecular weight is 291 g/mol. The zero-order chi connectivity index (χ0) is 15.2. The zero-order valence-electron chi connectivity index (χ0n) is 11.7. The molecule has 1 aromatic rings. The Labute approximate surface area is 122 Å². The Morgan fingerprint density at radius 3 is 2.86 bits per heavy atom. The number of amides is 1. The number of halogens is 1. The molecule has 1 amide bonds. The van der Waals surface area contributed by atoms with Crippen LogP contribution in [0.3, 0.4) is 0 Å². The van der Waals surface area contributed by atoms with Gasteiger partial charge in [-0.2, -0.15) is 0 Å². The number of benzene rings is 1. The Hall–Kier alpha value is -2.17. The average Bonchev–Trinajstić information content (AvgIpc) is 2.61. The van der Waals surface area contributed by atoms with Crippen LogP contribution in [-0.4, -0.2) is 28.4 Å². The van der Waals surface area contributed by atoms with Gasteiger partial charge in [0.2, 0.25) is 5.91 Å². The van der Waals surface area contributed by atoms with Gasteiger partial charge in [0.25, 0.3) is 0 Å². The molecule has 0 atom stereocenters. The van der Waals surface area contributed by atoms with Crippen LogP contribution in [0, 0.1) is 5.82 Å². The summed E-state index contributed by atoms with van der Waals surface area (Å²) < 4.78 is 13.6. The van der Waals surface area contributed by atoms with Crippen LogP contribution in [0.1, 0.15) is 36.8 Å². The molecule has 1 aliphatic rings. The maximum atomic E-state index is 13.6. The van der Waals surface area contributed by atoms with Crippen molar-refractivity contribution in [3.8, 4) is 0 Å². The Balaban J connectivity index is 2.15. The fourth-order valence-electron chi connectivity index (χ4n) is 2.46. The van der Waals surface area contributed by atoms with Crippen LogP contribution in [0.4, 0.5) is 4.39 Å². The summed E-state index contributed by atoms with van der Waals surface area (Å²) in [7, 11) is 0. The number of nitrogens with zero attached hydrogens (tertiary/aromatic N) is 1. The number of rotatable bonds is 4. The fourth-order valence-corrected chi connectivity index (χ4v) is 2.46. The third-order valence-electron chi connectivity index (χ3n) is 3.44. The van der Waals surface area contributed by atoms with Gasteiger partial charge < -0.3 is 10.0 Å². The minimum Gasteiger partial charge on any atom is -0.478 e. The van der Waals surface area contributed by atoms with Crippen molar-refractivity contribution in [1.29, 1.82) is 0 Å². The van der Waals surface area contributed by atoms with Gasteiger partial charge >= 0.3 is 5.97 Å². The smallest absolute Gasteiger partial charge is 0.328 e. The van der Waals surface area contributed by atoms with Gasteiger partial charge in [-0.15, -0.1) is 0 Å². The lowest BCUT2D eigenvalue weighted by Crippen LogP contribution is -2.29. The number of carboxylic acid groups (broad SMARTS) is 1. The monoisotopic (exact) mass is 291 g/mol. The van der Waals surface area contributed by atoms with E-state index >= 15 is 0 Å². The van der Waals surface area contributed by atoms with Crippen molar-refractivity contribution < 1.29 is 19.1 Å². The summed E-state index contributed by atoms with van der Waals surface area (Å²) in [6, 6.07) is 4.37. The van der Waals surface area contributed by atoms with Crippen molar-refractivity contribution in [3.63, 3.8) is 0 Å². The largest absolute Gasteiger partial charge is 0.478 e. The number of aliphatic carboxylic acids is 1. The third kappa shape index (κ3) is 4.70. The first kappa shape index (κ1) is 15.2. The van der Waals surface area contributed by atoms with Gasteiger partial charge in [-0.05, 0) is 48.2 Å². The molecule has 21 heavy (non-hydrogen) atoms. The van der Waals surface area contributed by atoms with Crippen molar-refractivity contribution in [1.82, 2.24) is 4.90 Å². The molecule has 0 radical (unpaired) electrons. The lowest BCUT2D eigenvalue weighted by atomic mass is 10.1. The van der Waals surface area contributed by atoms with Crippen molar-refractivity contribution in [2.45, 2.75) is 32.2 Å². The van der Waals surface area contributed by atoms with E-state index in [2.05, 4.69) is 0 Å². The zero-order valence-corrected chi connectivity index (χ0v) is 11.7. The second-order valence-corrected chi connectivity index (χ2v) is 5.19. The van der Waals surface area contributed by atoms with E-state index in [1.54, 1.807) is 11.0 Å². The maximum absolute atomic E-state index is 13.6. The Bertz CT molecular complexity index is 569. The number of hydrogen-bond acceptors (Lipinski definition) is 2. The molecule has 0 unspecified atom stereocenters. The van der Waals surface area contributed by atoms with Crippen LogP contribution >= 0.6 is 0 Å². The van der Waals surface area contributed by atoms with Gasteiger partial charge in [-0.1, -0.05) is 6.42 Å². The number of carboxylic acids is 1. The van der Waals surface area contributed by atoms with E-state index < -0.39 is 11.8 Å². The first-order chi connectivity index (χ1) is 10.0. The third-order valence-corrected chi connectivity index (χ3v) is 3.44. The van der Waals surface area contributed by atoms with Crippen LogP contribution in [0.2, 0.25) is 0 Å². The summed E-state index contributed by atoms with van der Waals surface area (Å²) in [6.45, 7) is 1.06. The molecular weight excluding hydrogens is 273 g/mol. The number of carbonyl (C=O) groups is 2. The summed E-state index contributed by atoms with van der Waals surface area (Å²) in [5.74, 6) is -1.41. The molecule has 4 nitrogen and oxygen atoms in total. The van der Waals surface area contributed by atoms with Crippen molar-refractivity contribution in [2.24, 2.45) is 0 Å². The highest BCUT2D eigenvalue weighted by atomic mass is 19.1. The van der Waals surface area contributed by atoms with Crippen LogP contribution in [0.5, 0.6) is 0 Å². The van der Waals surface area contributed by atoms with Crippen LogP contribution < -0.4 is 0 Å². The van der Waals surface area contributed by atoms with Gasteiger partial charge in [0.1, 0.15) is 5.82 Å². The molecule has 0 aliphatic carbocycles. The molecule has 112 valence electrons. The van der Waals surface area contributed by atoms with Crippen LogP contribution in [-0.2, 0) is 16.1 Å². The summed E-state index contributed by atoms with van der Waals surface area (Å²) in [5, 5.41) is 8.61. The SMILES string of the molecule is O=C(O)C=Cc1cc(F)cc(CN2CCCCCC2=O)c1. The van der Waals surface area contributed by atoms with Gasteiger partial charge in [0, 0.05) is 25.6 Å². The van der Waals surface area contributed by atoms with Gasteiger partial charge in [-0.25, -0.2) is 9.18 Å². The van der Waals surface area contributed by atoms with E-state index in [4.69, 9.17) is 5.11 Å². The lowest BCUT2D eigenvalue weighted by Gasteiger charge is -2.20. The van der Waals surface area contributed by atoms with Crippen LogP contribution in [0.25, 0.3) is 6.08 Å². The highest BCUT2D eigenvalue weighted by molar-refractivity contribution is 5.85. The predicted molar refractivity (Wildman–Crippen MR) is 77.0 cm³/mol. The Kier molecular flexibility index (Phi) is 5.09. The van der Waals surface area contributed by atoms with E-state index in [1.807, 2.05) is 0 Å². The topological polar surface area (TPSA) is 57.6 Å². The lowest BCUT2D eigenvalue weighted by molar-refractivity contribution is -0.132. The fraction of sp³-hybridized carbons (Fsp3) is 0.375. The normalized spacial score (nSPS) is 16.2. The molecule has 0 spiro atoms. The highest BCUT2D eigenvalue weighted by Crippen LogP contribution is 2.17. The molecular formula is C16H18FNO3. The Morgan fingerprint density at radius 2 is 2.10 bits per heavy atom. The quantitative estimate of drug-likeness (QED) is 0.868. The Morgan fingerprint density at radius 1 is 1.29 bits per heavy atom. The molecule has 1 aromatic carbocycles. The minimum atomic E-state index is -1.08. The molecule has 1 fully saturated rings. The van der Waals surface area contributed by atoms with E-state index in [-0.39, 0.29) is 5.91 Å². The molecule has 0 aromatic heterocycles. The van der Waals surface area contributed by atoms with Gasteiger partial charge in [0.15, 0.2) is 0 Å². The summed E-state index contributed by atoms with van der Waals surface area (Å²) in [4.78, 5) is 24.2. The number of carbonyl (C=O) groups excluding carboxylic acids is 1. The van der Waals surface area contributed by atoms with E-state index in [9.17, 15) is 14.0 Å². The summed E-state index contributed by atoms with van der Waals surface area (Å²) >= 11 is 0. The van der Waals surface area contributed by atoms with Crippen LogP contribution in [0.15, 0.2) is 24.3 Å².